The monoisotopic (exact) mass is 192 g/mol. The van der Waals surface area contributed by atoms with Crippen LogP contribution in [0, 0.1) is 0 Å². The fourth-order valence-electron chi connectivity index (χ4n) is 1.02. The topological polar surface area (TPSA) is 124 Å². The van der Waals surface area contributed by atoms with E-state index in [9.17, 15) is 9.59 Å². The average molecular weight is 192 g/mol. The van der Waals surface area contributed by atoms with Crippen molar-refractivity contribution in [3.05, 3.63) is 0 Å². The van der Waals surface area contributed by atoms with Gasteiger partial charge >= 0.3 is 11.9 Å². The number of hydrogen-bond acceptors (Lipinski definition) is 5. The number of aliphatic carboxylic acids is 2. The fourth-order valence-corrected chi connectivity index (χ4v) is 1.02. The Morgan fingerprint density at radius 3 is 1.46 bits per heavy atom. The maximum atomic E-state index is 10.4. The highest BCUT2D eigenvalue weighted by Crippen LogP contribution is 2.34. The van der Waals surface area contributed by atoms with Crippen molar-refractivity contribution in [3.8, 4) is 0 Å². The molecule has 0 aliphatic carbocycles. The summed E-state index contributed by atoms with van der Waals surface area (Å²) >= 11 is 0. The van der Waals surface area contributed by atoms with Crippen LogP contribution < -0.4 is 0 Å². The number of rotatable bonds is 2. The molecule has 4 N–H and O–H groups in total. The zero-order valence-corrected chi connectivity index (χ0v) is 6.43. The molecule has 1 fully saturated rings. The van der Waals surface area contributed by atoms with Gasteiger partial charge < -0.3 is 20.4 Å². The van der Waals surface area contributed by atoms with E-state index in [1.165, 1.54) is 0 Å². The average Bonchev–Trinajstić information content (AvgIpc) is 2.30. The predicted octanol–water partition coefficient (Wildman–Crippen LogP) is -1.66. The van der Waals surface area contributed by atoms with Gasteiger partial charge in [-0.2, -0.15) is 0 Å². The Kier molecular flexibility index (Phi) is 2.02. The molecule has 7 heteroatoms. The summed E-state index contributed by atoms with van der Waals surface area (Å²) in [6, 6.07) is 0. The Balaban J connectivity index is 2.85. The third-order valence-corrected chi connectivity index (χ3v) is 1.81. The molecule has 7 nitrogen and oxygen atoms in total. The number of ether oxygens (including phenoxy) is 1. The second-order valence-electron chi connectivity index (χ2n) is 2.78. The van der Waals surface area contributed by atoms with Crippen LogP contribution >= 0.6 is 0 Å². The maximum absolute atomic E-state index is 10.4. The first-order valence-corrected chi connectivity index (χ1v) is 3.42. The summed E-state index contributed by atoms with van der Waals surface area (Å²) in [7, 11) is 0. The van der Waals surface area contributed by atoms with Gasteiger partial charge in [-0.3, -0.25) is 4.74 Å². The Morgan fingerprint density at radius 1 is 1.00 bits per heavy atom. The maximum Gasteiger partial charge on any atom is 0.364 e. The first-order chi connectivity index (χ1) is 5.80. The number of carboxylic acid groups (broad SMARTS) is 2. The summed E-state index contributed by atoms with van der Waals surface area (Å²) in [6.45, 7) is 0. The molecule has 0 saturated carbocycles. The van der Waals surface area contributed by atoms with E-state index in [-0.39, 0.29) is 0 Å². The van der Waals surface area contributed by atoms with Gasteiger partial charge in [0.1, 0.15) is 0 Å². The first-order valence-electron chi connectivity index (χ1n) is 3.42. The van der Waals surface area contributed by atoms with Gasteiger partial charge in [-0.15, -0.1) is 0 Å². The lowest BCUT2D eigenvalue weighted by Gasteiger charge is -2.20. The van der Waals surface area contributed by atoms with E-state index in [0.29, 0.717) is 0 Å². The third-order valence-electron chi connectivity index (χ3n) is 1.81. The number of aliphatic hydroxyl groups is 2. The van der Waals surface area contributed by atoms with Crippen LogP contribution in [0.15, 0.2) is 0 Å². The molecule has 0 aromatic carbocycles. The van der Waals surface area contributed by atoms with Gasteiger partial charge in [-0.1, -0.05) is 0 Å². The van der Waals surface area contributed by atoms with E-state index < -0.39 is 36.4 Å². The third kappa shape index (κ3) is 1.48. The van der Waals surface area contributed by atoms with Gasteiger partial charge in [-0.25, -0.2) is 9.59 Å². The van der Waals surface area contributed by atoms with Gasteiger partial charge in [0, 0.05) is 12.8 Å². The molecule has 1 rings (SSSR count). The van der Waals surface area contributed by atoms with Gasteiger partial charge in [0.2, 0.25) is 0 Å². The minimum absolute atomic E-state index is 0.467. The molecular weight excluding hydrogens is 184 g/mol. The summed E-state index contributed by atoms with van der Waals surface area (Å²) < 4.78 is 4.17. The largest absolute Gasteiger partial charge is 0.477 e. The molecular formula is C6H8O7. The Morgan fingerprint density at radius 2 is 1.31 bits per heavy atom. The molecule has 2 atom stereocenters. The minimum Gasteiger partial charge on any atom is -0.477 e. The smallest absolute Gasteiger partial charge is 0.364 e. The van der Waals surface area contributed by atoms with Crippen LogP contribution in [0.2, 0.25) is 0 Å². The number of carbonyl (C=O) groups is 2. The zero-order chi connectivity index (χ0) is 10.3. The lowest BCUT2D eigenvalue weighted by molar-refractivity contribution is -0.282. The van der Waals surface area contributed by atoms with Crippen molar-refractivity contribution in [2.45, 2.75) is 24.4 Å². The van der Waals surface area contributed by atoms with E-state index in [4.69, 9.17) is 20.4 Å². The van der Waals surface area contributed by atoms with Crippen LogP contribution in [-0.4, -0.2) is 43.9 Å². The summed E-state index contributed by atoms with van der Waals surface area (Å²) in [5.74, 6) is -8.64. The summed E-state index contributed by atoms with van der Waals surface area (Å²) in [4.78, 5) is 20.7. The van der Waals surface area contributed by atoms with Crippen LogP contribution in [0.3, 0.4) is 0 Å². The predicted molar refractivity (Wildman–Crippen MR) is 35.5 cm³/mol. The fraction of sp³-hybridized carbons (Fsp3) is 0.667. The molecule has 0 amide bonds. The standard InChI is InChI=1S/C6H8O7/c7-3(8)5(11)1-2-6(12,13-5)4(9)10/h11-12H,1-2H2,(H,7,8)(H,9,10). The molecule has 1 aliphatic heterocycles. The molecule has 1 aliphatic rings. The number of carboxylic acids is 2. The van der Waals surface area contributed by atoms with Crippen molar-refractivity contribution in [1.82, 2.24) is 0 Å². The summed E-state index contributed by atoms with van der Waals surface area (Å²) in [6.07, 6.45) is -0.934. The highest BCUT2D eigenvalue weighted by molar-refractivity contribution is 5.80. The van der Waals surface area contributed by atoms with Crippen molar-refractivity contribution in [2.75, 3.05) is 0 Å². The highest BCUT2D eigenvalue weighted by atomic mass is 16.7. The quantitative estimate of drug-likeness (QED) is 0.412. The van der Waals surface area contributed by atoms with Gasteiger partial charge in [-0.05, 0) is 0 Å². The van der Waals surface area contributed by atoms with Crippen LogP contribution in [0.4, 0.5) is 0 Å². The van der Waals surface area contributed by atoms with Crippen LogP contribution in [-0.2, 0) is 14.3 Å². The zero-order valence-electron chi connectivity index (χ0n) is 6.43. The van der Waals surface area contributed by atoms with Crippen LogP contribution in [0.25, 0.3) is 0 Å². The Labute approximate surface area is 72.2 Å². The minimum atomic E-state index is -2.60. The van der Waals surface area contributed by atoms with Crippen molar-refractivity contribution in [2.24, 2.45) is 0 Å². The van der Waals surface area contributed by atoms with E-state index >= 15 is 0 Å². The molecule has 13 heavy (non-hydrogen) atoms. The van der Waals surface area contributed by atoms with E-state index in [1.807, 2.05) is 0 Å². The normalized spacial score (nSPS) is 38.9. The SMILES string of the molecule is O=C(O)C1(O)CCC(O)(C(=O)O)O1. The second kappa shape index (κ2) is 2.66. The van der Waals surface area contributed by atoms with Gasteiger partial charge in [0.15, 0.2) is 0 Å². The van der Waals surface area contributed by atoms with Crippen LogP contribution in [0.5, 0.6) is 0 Å². The second-order valence-corrected chi connectivity index (χ2v) is 2.78. The summed E-state index contributed by atoms with van der Waals surface area (Å²) in [5.41, 5.74) is 0. The molecule has 2 unspecified atom stereocenters. The van der Waals surface area contributed by atoms with E-state index in [0.717, 1.165) is 0 Å². The number of hydrogen-bond donors (Lipinski definition) is 4. The molecule has 0 spiro atoms. The van der Waals surface area contributed by atoms with Crippen molar-refractivity contribution in [3.63, 3.8) is 0 Å². The Bertz CT molecular complexity index is 236. The van der Waals surface area contributed by atoms with Crippen LogP contribution in [0.1, 0.15) is 12.8 Å². The molecule has 0 aromatic heterocycles. The molecule has 74 valence electrons. The lowest BCUT2D eigenvalue weighted by Crippen LogP contribution is -2.45. The molecule has 1 saturated heterocycles. The van der Waals surface area contributed by atoms with Crippen molar-refractivity contribution >= 4 is 11.9 Å². The van der Waals surface area contributed by atoms with Crippen molar-refractivity contribution in [1.29, 1.82) is 0 Å². The molecule has 0 radical (unpaired) electrons. The van der Waals surface area contributed by atoms with Crippen molar-refractivity contribution < 1.29 is 34.8 Å². The van der Waals surface area contributed by atoms with E-state index in [1.54, 1.807) is 0 Å². The molecule has 0 aromatic rings. The molecule has 0 bridgehead atoms. The van der Waals surface area contributed by atoms with Gasteiger partial charge in [0.05, 0.1) is 0 Å². The molecule has 1 heterocycles. The van der Waals surface area contributed by atoms with E-state index in [2.05, 4.69) is 4.74 Å². The summed E-state index contributed by atoms with van der Waals surface area (Å²) in [5, 5.41) is 35.0. The lowest BCUT2D eigenvalue weighted by atomic mass is 10.1. The first kappa shape index (κ1) is 9.90. The Hall–Kier alpha value is -1.18. The highest BCUT2D eigenvalue weighted by Gasteiger charge is 2.56. The van der Waals surface area contributed by atoms with Gasteiger partial charge in [0.25, 0.3) is 11.6 Å².